The summed E-state index contributed by atoms with van der Waals surface area (Å²) in [5.74, 6) is 0.447. The van der Waals surface area contributed by atoms with E-state index in [2.05, 4.69) is 30.6 Å². The highest BCUT2D eigenvalue weighted by Gasteiger charge is 2.27. The Bertz CT molecular complexity index is 1300. The summed E-state index contributed by atoms with van der Waals surface area (Å²) in [5, 5.41) is 6.76. The maximum atomic E-state index is 11.8. The van der Waals surface area contributed by atoms with Gasteiger partial charge in [0.25, 0.3) is 0 Å². The number of pyridine rings is 1. The highest BCUT2D eigenvalue weighted by Crippen LogP contribution is 2.29. The van der Waals surface area contributed by atoms with Gasteiger partial charge in [0.1, 0.15) is 12.0 Å². The third-order valence-corrected chi connectivity index (χ3v) is 6.16. The van der Waals surface area contributed by atoms with Gasteiger partial charge in [-0.25, -0.2) is 24.9 Å². The van der Waals surface area contributed by atoms with Crippen molar-refractivity contribution in [2.45, 2.75) is 38.6 Å². The molecule has 1 fully saturated rings. The van der Waals surface area contributed by atoms with Crippen molar-refractivity contribution < 1.29 is 9.53 Å². The Morgan fingerprint density at radius 2 is 1.82 bits per heavy atom. The number of imidazole rings is 1. The molecule has 0 aromatic carbocycles. The van der Waals surface area contributed by atoms with Crippen LogP contribution in [0.25, 0.3) is 17.0 Å². The largest absolute Gasteiger partial charge is 0.469 e. The van der Waals surface area contributed by atoms with E-state index >= 15 is 0 Å². The Labute approximate surface area is 196 Å². The lowest BCUT2D eigenvalue weighted by molar-refractivity contribution is -0.146. The number of nitrogens with one attached hydrogen (secondary N) is 2. The van der Waals surface area contributed by atoms with Crippen LogP contribution in [0.15, 0.2) is 49.4 Å². The average Bonchev–Trinajstić information content (AvgIpc) is 3.29. The van der Waals surface area contributed by atoms with Crippen LogP contribution in [0.4, 0.5) is 17.3 Å². The molecule has 5 rings (SSSR count). The normalized spacial score (nSPS) is 17.9. The molecule has 10 heteroatoms. The van der Waals surface area contributed by atoms with E-state index in [0.29, 0.717) is 5.95 Å². The van der Waals surface area contributed by atoms with Crippen LogP contribution in [0.5, 0.6) is 0 Å². The number of rotatable bonds is 6. The van der Waals surface area contributed by atoms with Gasteiger partial charge in [0, 0.05) is 18.4 Å². The molecule has 0 atom stereocenters. The second-order valence-corrected chi connectivity index (χ2v) is 8.48. The van der Waals surface area contributed by atoms with Crippen LogP contribution in [0.3, 0.4) is 0 Å². The lowest BCUT2D eigenvalue weighted by Crippen LogP contribution is -2.30. The minimum absolute atomic E-state index is 0.0130. The van der Waals surface area contributed by atoms with Gasteiger partial charge >= 0.3 is 5.97 Å². The van der Waals surface area contributed by atoms with Gasteiger partial charge in [0.15, 0.2) is 0 Å². The van der Waals surface area contributed by atoms with Crippen LogP contribution in [0, 0.1) is 12.8 Å². The lowest BCUT2D eigenvalue weighted by atomic mass is 9.86. The Balaban J connectivity index is 1.37. The summed E-state index contributed by atoms with van der Waals surface area (Å²) in [7, 11) is 1.45. The number of carbonyl (C=O) groups is 1. The quantitative estimate of drug-likeness (QED) is 0.416. The number of anilines is 3. The van der Waals surface area contributed by atoms with E-state index in [-0.39, 0.29) is 17.9 Å². The number of hydrogen-bond acceptors (Lipinski definition) is 9. The Hall–Kier alpha value is -4.08. The smallest absolute Gasteiger partial charge is 0.308 e. The van der Waals surface area contributed by atoms with E-state index in [0.717, 1.165) is 59.7 Å². The summed E-state index contributed by atoms with van der Waals surface area (Å²) in [6.07, 6.45) is 13.9. The van der Waals surface area contributed by atoms with Crippen molar-refractivity contribution in [3.8, 4) is 11.4 Å². The number of nitrogens with zero attached hydrogens (tertiary/aromatic N) is 6. The van der Waals surface area contributed by atoms with Crippen molar-refractivity contribution in [1.82, 2.24) is 29.3 Å². The molecule has 1 aliphatic carbocycles. The van der Waals surface area contributed by atoms with E-state index in [4.69, 9.17) is 9.72 Å². The molecule has 174 valence electrons. The SMILES string of the molecule is COC(=O)[C@H]1CC[C@H](Nc2ncc(C)c(-c3cnc4ccc(Nc5cncnc5)cn34)n2)CC1. The number of ether oxygens (including phenoxy) is 1. The van der Waals surface area contributed by atoms with Crippen LogP contribution in [0.1, 0.15) is 31.2 Å². The molecule has 0 saturated heterocycles. The molecular weight excluding hydrogens is 432 g/mol. The predicted octanol–water partition coefficient (Wildman–Crippen LogP) is 3.78. The van der Waals surface area contributed by atoms with Crippen LogP contribution in [-0.4, -0.2) is 48.4 Å². The fourth-order valence-electron chi connectivity index (χ4n) is 4.35. The molecule has 0 bridgehead atoms. The first-order chi connectivity index (χ1) is 16.6. The van der Waals surface area contributed by atoms with Gasteiger partial charge in [-0.05, 0) is 50.3 Å². The molecule has 1 aliphatic rings. The van der Waals surface area contributed by atoms with E-state index in [1.54, 1.807) is 12.4 Å². The number of hydrogen-bond donors (Lipinski definition) is 2. The van der Waals surface area contributed by atoms with Crippen LogP contribution in [0.2, 0.25) is 0 Å². The van der Waals surface area contributed by atoms with Gasteiger partial charge in [-0.15, -0.1) is 0 Å². The first kappa shape index (κ1) is 21.7. The third-order valence-electron chi connectivity index (χ3n) is 6.16. The van der Waals surface area contributed by atoms with Gasteiger partial charge in [-0.2, -0.15) is 0 Å². The van der Waals surface area contributed by atoms with Crippen molar-refractivity contribution in [2.24, 2.45) is 5.92 Å². The van der Waals surface area contributed by atoms with Gasteiger partial charge in [0.2, 0.25) is 5.95 Å². The van der Waals surface area contributed by atoms with Crippen LogP contribution in [-0.2, 0) is 9.53 Å². The van der Waals surface area contributed by atoms with Crippen molar-refractivity contribution in [1.29, 1.82) is 0 Å². The van der Waals surface area contributed by atoms with Crippen LogP contribution >= 0.6 is 0 Å². The van der Waals surface area contributed by atoms with E-state index in [1.807, 2.05) is 42.0 Å². The monoisotopic (exact) mass is 458 g/mol. The Morgan fingerprint density at radius 1 is 1.03 bits per heavy atom. The maximum Gasteiger partial charge on any atom is 0.308 e. The first-order valence-electron chi connectivity index (χ1n) is 11.3. The lowest BCUT2D eigenvalue weighted by Gasteiger charge is -2.27. The molecule has 2 N–H and O–H groups in total. The molecule has 4 heterocycles. The summed E-state index contributed by atoms with van der Waals surface area (Å²) in [4.78, 5) is 33.8. The molecule has 4 aromatic heterocycles. The summed E-state index contributed by atoms with van der Waals surface area (Å²) in [6, 6.07) is 4.14. The zero-order chi connectivity index (χ0) is 23.5. The number of methoxy groups -OCH3 is 1. The van der Waals surface area contributed by atoms with Crippen molar-refractivity contribution in [3.05, 3.63) is 55.0 Å². The Morgan fingerprint density at radius 3 is 2.59 bits per heavy atom. The molecule has 34 heavy (non-hydrogen) atoms. The second-order valence-electron chi connectivity index (χ2n) is 8.48. The summed E-state index contributed by atoms with van der Waals surface area (Å²) in [6.45, 7) is 1.99. The number of aromatic nitrogens is 6. The molecule has 0 amide bonds. The Kier molecular flexibility index (Phi) is 6.03. The van der Waals surface area contributed by atoms with E-state index in [1.165, 1.54) is 13.4 Å². The zero-order valence-electron chi connectivity index (χ0n) is 19.1. The number of carbonyl (C=O) groups excluding carboxylic acids is 1. The highest BCUT2D eigenvalue weighted by atomic mass is 16.5. The molecule has 4 aromatic rings. The molecule has 0 spiro atoms. The molecule has 0 aliphatic heterocycles. The van der Waals surface area contributed by atoms with Gasteiger partial charge in [-0.3, -0.25) is 9.20 Å². The molecule has 1 saturated carbocycles. The predicted molar refractivity (Wildman–Crippen MR) is 128 cm³/mol. The summed E-state index contributed by atoms with van der Waals surface area (Å²) < 4.78 is 6.89. The van der Waals surface area contributed by atoms with Crippen molar-refractivity contribution in [3.63, 3.8) is 0 Å². The van der Waals surface area contributed by atoms with Gasteiger partial charge < -0.3 is 15.4 Å². The summed E-state index contributed by atoms with van der Waals surface area (Å²) >= 11 is 0. The number of aryl methyl sites for hydroxylation is 1. The highest BCUT2D eigenvalue weighted by molar-refractivity contribution is 5.72. The fraction of sp³-hybridized carbons (Fsp3) is 0.333. The standard InChI is InChI=1S/C24H26N8O2/c1-15-9-28-24(30-17-5-3-16(4-6-17)23(33)34-2)31-22(15)20-12-27-21-8-7-18(13-32(20)21)29-19-10-25-14-26-11-19/h7-14,16-17,29H,3-6H2,1-2H3,(H,28,30,31)/t16-,17-. The molecule has 10 nitrogen and oxygen atoms in total. The van der Waals surface area contributed by atoms with E-state index < -0.39 is 0 Å². The minimum atomic E-state index is -0.117. The molecular formula is C24H26N8O2. The van der Waals surface area contributed by atoms with Crippen LogP contribution < -0.4 is 10.6 Å². The number of esters is 1. The maximum absolute atomic E-state index is 11.8. The minimum Gasteiger partial charge on any atom is -0.469 e. The number of fused-ring (bicyclic) bond motifs is 1. The second kappa shape index (κ2) is 9.42. The topological polar surface area (TPSA) is 119 Å². The van der Waals surface area contributed by atoms with E-state index in [9.17, 15) is 4.79 Å². The van der Waals surface area contributed by atoms with Gasteiger partial charge in [-0.1, -0.05) is 0 Å². The first-order valence-corrected chi connectivity index (χ1v) is 11.3. The van der Waals surface area contributed by atoms with Crippen molar-refractivity contribution >= 4 is 28.9 Å². The fourth-order valence-corrected chi connectivity index (χ4v) is 4.35. The third kappa shape index (κ3) is 4.52. The van der Waals surface area contributed by atoms with Crippen molar-refractivity contribution in [2.75, 3.05) is 17.7 Å². The molecule has 0 unspecified atom stereocenters. The summed E-state index contributed by atoms with van der Waals surface area (Å²) in [5.41, 5.74) is 5.15. The van der Waals surface area contributed by atoms with Gasteiger partial charge in [0.05, 0.1) is 54.4 Å². The average molecular weight is 459 g/mol. The molecule has 0 radical (unpaired) electrons. The zero-order valence-corrected chi connectivity index (χ0v) is 19.1.